The van der Waals surface area contributed by atoms with E-state index in [2.05, 4.69) is 20.3 Å². The van der Waals surface area contributed by atoms with Crippen LogP contribution in [0.15, 0.2) is 48.8 Å². The third-order valence-electron chi connectivity index (χ3n) is 3.89. The average Bonchev–Trinajstić information content (AvgIpc) is 2.63. The van der Waals surface area contributed by atoms with Crippen LogP contribution in [0.25, 0.3) is 0 Å². The standard InChI is InChI=1S/C19H19F2N5/c1-13-23-18(25-15-3-4-16(20)17(21)11-15)12-19(24-13)26(2)10-7-14-5-8-22-9-6-14/h3-6,8-9,11-12H,7,10H2,1-2H3,(H,23,24,25). The van der Waals surface area contributed by atoms with E-state index in [1.807, 2.05) is 24.1 Å². The first-order valence-electron chi connectivity index (χ1n) is 8.19. The molecule has 0 aliphatic heterocycles. The average molecular weight is 355 g/mol. The highest BCUT2D eigenvalue weighted by molar-refractivity contribution is 5.59. The Bertz CT molecular complexity index is 886. The molecule has 0 atom stereocenters. The molecule has 0 amide bonds. The summed E-state index contributed by atoms with van der Waals surface area (Å²) in [5.74, 6) is 0.0654. The molecule has 1 aromatic carbocycles. The van der Waals surface area contributed by atoms with Crippen molar-refractivity contribution < 1.29 is 8.78 Å². The molecule has 3 aromatic rings. The minimum Gasteiger partial charge on any atom is -0.359 e. The second kappa shape index (κ2) is 7.86. The summed E-state index contributed by atoms with van der Waals surface area (Å²) in [7, 11) is 1.95. The van der Waals surface area contributed by atoms with Gasteiger partial charge in [-0.2, -0.15) is 0 Å². The Morgan fingerprint density at radius 1 is 1.00 bits per heavy atom. The lowest BCUT2D eigenvalue weighted by Gasteiger charge is -2.19. The normalized spacial score (nSPS) is 10.6. The molecule has 0 bridgehead atoms. The maximum atomic E-state index is 13.4. The van der Waals surface area contributed by atoms with E-state index in [9.17, 15) is 8.78 Å². The summed E-state index contributed by atoms with van der Waals surface area (Å²) >= 11 is 0. The smallest absolute Gasteiger partial charge is 0.160 e. The highest BCUT2D eigenvalue weighted by Gasteiger charge is 2.09. The number of hydrogen-bond donors (Lipinski definition) is 1. The second-order valence-electron chi connectivity index (χ2n) is 5.94. The number of nitrogens with zero attached hydrogens (tertiary/aromatic N) is 4. The highest BCUT2D eigenvalue weighted by Crippen LogP contribution is 2.21. The lowest BCUT2D eigenvalue weighted by atomic mass is 10.2. The van der Waals surface area contributed by atoms with Gasteiger partial charge in [-0.1, -0.05) is 0 Å². The summed E-state index contributed by atoms with van der Waals surface area (Å²) in [4.78, 5) is 14.8. The van der Waals surface area contributed by atoms with Crippen molar-refractivity contribution in [2.45, 2.75) is 13.3 Å². The molecule has 0 saturated heterocycles. The van der Waals surface area contributed by atoms with Gasteiger partial charge < -0.3 is 10.2 Å². The van der Waals surface area contributed by atoms with Crippen LogP contribution in [-0.4, -0.2) is 28.5 Å². The van der Waals surface area contributed by atoms with Crippen molar-refractivity contribution in [1.29, 1.82) is 0 Å². The highest BCUT2D eigenvalue weighted by atomic mass is 19.2. The third kappa shape index (κ3) is 4.50. The minimum atomic E-state index is -0.907. The number of benzene rings is 1. The fraction of sp³-hybridized carbons (Fsp3) is 0.211. The third-order valence-corrected chi connectivity index (χ3v) is 3.89. The predicted molar refractivity (Wildman–Crippen MR) is 97.6 cm³/mol. The quantitative estimate of drug-likeness (QED) is 0.727. The number of nitrogens with one attached hydrogen (secondary N) is 1. The summed E-state index contributed by atoms with van der Waals surface area (Å²) in [6, 6.07) is 9.38. The predicted octanol–water partition coefficient (Wildman–Crippen LogP) is 3.88. The first-order chi connectivity index (χ1) is 12.5. The first-order valence-corrected chi connectivity index (χ1v) is 8.19. The van der Waals surface area contributed by atoms with E-state index >= 15 is 0 Å². The van der Waals surface area contributed by atoms with Crippen molar-refractivity contribution in [2.75, 3.05) is 23.8 Å². The molecule has 2 aromatic heterocycles. The summed E-state index contributed by atoms with van der Waals surface area (Å²) in [5, 5.41) is 2.99. The van der Waals surface area contributed by atoms with Crippen LogP contribution < -0.4 is 10.2 Å². The number of rotatable bonds is 6. The molecule has 26 heavy (non-hydrogen) atoms. The Morgan fingerprint density at radius 3 is 2.50 bits per heavy atom. The number of anilines is 3. The van der Waals surface area contributed by atoms with E-state index in [0.29, 0.717) is 17.3 Å². The maximum absolute atomic E-state index is 13.4. The van der Waals surface area contributed by atoms with E-state index in [0.717, 1.165) is 30.9 Å². The van der Waals surface area contributed by atoms with Crippen LogP contribution in [0.2, 0.25) is 0 Å². The van der Waals surface area contributed by atoms with Crippen LogP contribution in [0, 0.1) is 18.6 Å². The number of pyridine rings is 1. The molecule has 0 fully saturated rings. The van der Waals surface area contributed by atoms with Crippen molar-refractivity contribution in [3.63, 3.8) is 0 Å². The monoisotopic (exact) mass is 355 g/mol. The number of aryl methyl sites for hydroxylation is 1. The van der Waals surface area contributed by atoms with Crippen LogP contribution in [0.5, 0.6) is 0 Å². The zero-order valence-corrected chi connectivity index (χ0v) is 14.6. The fourth-order valence-electron chi connectivity index (χ4n) is 2.49. The van der Waals surface area contributed by atoms with Crippen molar-refractivity contribution in [1.82, 2.24) is 15.0 Å². The van der Waals surface area contributed by atoms with E-state index in [4.69, 9.17) is 0 Å². The van der Waals surface area contributed by atoms with E-state index < -0.39 is 11.6 Å². The van der Waals surface area contributed by atoms with Crippen LogP contribution in [0.1, 0.15) is 11.4 Å². The zero-order valence-electron chi connectivity index (χ0n) is 14.6. The van der Waals surface area contributed by atoms with Crippen LogP contribution >= 0.6 is 0 Å². The van der Waals surface area contributed by atoms with Gasteiger partial charge in [0.1, 0.15) is 17.5 Å². The molecular weight excluding hydrogens is 336 g/mol. The van der Waals surface area contributed by atoms with Crippen LogP contribution in [0.3, 0.4) is 0 Å². The van der Waals surface area contributed by atoms with Gasteiger partial charge in [0.15, 0.2) is 11.6 Å². The number of hydrogen-bond acceptors (Lipinski definition) is 5. The van der Waals surface area contributed by atoms with Gasteiger partial charge >= 0.3 is 0 Å². The van der Waals surface area contributed by atoms with Gasteiger partial charge in [0, 0.05) is 43.8 Å². The Labute approximate surface area is 150 Å². The summed E-state index contributed by atoms with van der Waals surface area (Å²) < 4.78 is 26.4. The van der Waals surface area contributed by atoms with Crippen molar-refractivity contribution in [2.24, 2.45) is 0 Å². The molecule has 0 spiro atoms. The lowest BCUT2D eigenvalue weighted by Crippen LogP contribution is -2.22. The number of halogens is 2. The molecule has 2 heterocycles. The molecule has 0 saturated carbocycles. The van der Waals surface area contributed by atoms with Crippen molar-refractivity contribution >= 4 is 17.3 Å². The molecule has 7 heteroatoms. The Balaban J connectivity index is 1.73. The maximum Gasteiger partial charge on any atom is 0.160 e. The number of likely N-dealkylation sites (N-methyl/N-ethyl adjacent to an activating group) is 1. The van der Waals surface area contributed by atoms with Crippen molar-refractivity contribution in [3.8, 4) is 0 Å². The lowest BCUT2D eigenvalue weighted by molar-refractivity contribution is 0.509. The Morgan fingerprint density at radius 2 is 1.77 bits per heavy atom. The Kier molecular flexibility index (Phi) is 5.36. The Hall–Kier alpha value is -3.09. The van der Waals surface area contributed by atoms with Gasteiger partial charge in [-0.15, -0.1) is 0 Å². The van der Waals surface area contributed by atoms with Gasteiger partial charge in [0.2, 0.25) is 0 Å². The molecule has 0 radical (unpaired) electrons. The van der Waals surface area contributed by atoms with E-state index in [1.54, 1.807) is 25.4 Å². The summed E-state index contributed by atoms with van der Waals surface area (Å²) in [6.07, 6.45) is 4.40. The topological polar surface area (TPSA) is 53.9 Å². The minimum absolute atomic E-state index is 0.424. The van der Waals surface area contributed by atoms with Crippen LogP contribution in [0.4, 0.5) is 26.1 Å². The zero-order chi connectivity index (χ0) is 18.5. The SMILES string of the molecule is Cc1nc(Nc2ccc(F)c(F)c2)cc(N(C)CCc2ccncc2)n1. The van der Waals surface area contributed by atoms with Gasteiger partial charge in [0.05, 0.1) is 0 Å². The molecule has 134 valence electrons. The molecule has 0 aliphatic carbocycles. The number of aromatic nitrogens is 3. The first kappa shape index (κ1) is 17.7. The van der Waals surface area contributed by atoms with Gasteiger partial charge in [-0.25, -0.2) is 18.7 Å². The molecule has 3 rings (SSSR count). The van der Waals surface area contributed by atoms with Crippen molar-refractivity contribution in [3.05, 3.63) is 71.8 Å². The van der Waals surface area contributed by atoms with E-state index in [1.165, 1.54) is 11.6 Å². The molecule has 0 aliphatic rings. The van der Waals surface area contributed by atoms with E-state index in [-0.39, 0.29) is 0 Å². The summed E-state index contributed by atoms with van der Waals surface area (Å²) in [6.45, 7) is 2.56. The second-order valence-corrected chi connectivity index (χ2v) is 5.94. The molecule has 5 nitrogen and oxygen atoms in total. The largest absolute Gasteiger partial charge is 0.359 e. The van der Waals surface area contributed by atoms with Gasteiger partial charge in [-0.3, -0.25) is 4.98 Å². The molecular formula is C19H19F2N5. The fourth-order valence-corrected chi connectivity index (χ4v) is 2.49. The summed E-state index contributed by atoms with van der Waals surface area (Å²) in [5.41, 5.74) is 1.62. The van der Waals surface area contributed by atoms with Gasteiger partial charge in [0.25, 0.3) is 0 Å². The van der Waals surface area contributed by atoms with Crippen LogP contribution in [-0.2, 0) is 6.42 Å². The molecule has 1 N–H and O–H groups in total. The molecule has 0 unspecified atom stereocenters. The van der Waals surface area contributed by atoms with Gasteiger partial charge in [-0.05, 0) is 43.2 Å².